The highest BCUT2D eigenvalue weighted by Crippen LogP contribution is 2.28. The van der Waals surface area contributed by atoms with Gasteiger partial charge in [0.1, 0.15) is 5.78 Å². The summed E-state index contributed by atoms with van der Waals surface area (Å²) in [5.41, 5.74) is 0. The maximum absolute atomic E-state index is 10.7. The number of aliphatic carboxylic acids is 1. The molecule has 0 aromatic heterocycles. The van der Waals surface area contributed by atoms with Crippen LogP contribution in [0.25, 0.3) is 0 Å². The Morgan fingerprint density at radius 3 is 2.33 bits per heavy atom. The zero-order valence-corrected chi connectivity index (χ0v) is 9.21. The third kappa shape index (κ3) is 5.55. The summed E-state index contributed by atoms with van der Waals surface area (Å²) in [6.45, 7) is 0. The lowest BCUT2D eigenvalue weighted by atomic mass is 9.80. The van der Waals surface area contributed by atoms with Crippen molar-refractivity contribution in [2.45, 2.75) is 57.8 Å². The molecule has 0 aromatic carbocycles. The van der Waals surface area contributed by atoms with E-state index in [1.165, 1.54) is 19.3 Å². The first-order valence-corrected chi connectivity index (χ1v) is 5.92. The average molecular weight is 212 g/mol. The van der Waals surface area contributed by atoms with Crippen LogP contribution in [-0.2, 0) is 9.59 Å². The number of rotatable bonds is 8. The Labute approximate surface area is 90.9 Å². The van der Waals surface area contributed by atoms with Crippen molar-refractivity contribution < 1.29 is 14.7 Å². The number of Topliss-reactive ketones (excluding diaryl/α,β-unsaturated/α-hetero) is 1. The van der Waals surface area contributed by atoms with Crippen molar-refractivity contribution in [1.82, 2.24) is 0 Å². The lowest BCUT2D eigenvalue weighted by molar-refractivity contribution is -0.137. The number of hydrogen-bond acceptors (Lipinski definition) is 2. The predicted octanol–water partition coefficient (Wildman–Crippen LogP) is 2.78. The number of unbranched alkanes of at least 4 members (excludes halogenated alkanes) is 4. The first kappa shape index (κ1) is 12.2. The van der Waals surface area contributed by atoms with E-state index in [2.05, 4.69) is 0 Å². The summed E-state index contributed by atoms with van der Waals surface area (Å²) in [4.78, 5) is 20.9. The summed E-state index contributed by atoms with van der Waals surface area (Å²) in [5, 5.41) is 8.42. The molecule has 0 radical (unpaired) electrons. The summed E-state index contributed by atoms with van der Waals surface area (Å²) in [5.74, 6) is 0.390. The summed E-state index contributed by atoms with van der Waals surface area (Å²) < 4.78 is 0. The van der Waals surface area contributed by atoms with Crippen LogP contribution in [0.4, 0.5) is 0 Å². The van der Waals surface area contributed by atoms with E-state index < -0.39 is 5.97 Å². The van der Waals surface area contributed by atoms with Crippen LogP contribution >= 0.6 is 0 Å². The first-order chi connectivity index (χ1) is 7.18. The van der Waals surface area contributed by atoms with E-state index in [1.54, 1.807) is 0 Å². The minimum atomic E-state index is -0.692. The summed E-state index contributed by atoms with van der Waals surface area (Å²) in [6.07, 6.45) is 8.44. The van der Waals surface area contributed by atoms with Crippen molar-refractivity contribution in [3.8, 4) is 0 Å². The number of carbonyl (C=O) groups excluding carboxylic acids is 1. The summed E-state index contributed by atoms with van der Waals surface area (Å²) >= 11 is 0. The van der Waals surface area contributed by atoms with Crippen molar-refractivity contribution in [1.29, 1.82) is 0 Å². The Balaban J connectivity index is 1.77. The van der Waals surface area contributed by atoms with Crippen LogP contribution in [0.2, 0.25) is 0 Å². The zero-order valence-electron chi connectivity index (χ0n) is 9.21. The molecule has 0 bridgehead atoms. The van der Waals surface area contributed by atoms with Gasteiger partial charge in [0, 0.05) is 19.3 Å². The van der Waals surface area contributed by atoms with Gasteiger partial charge in [-0.05, 0) is 18.8 Å². The van der Waals surface area contributed by atoms with E-state index in [4.69, 9.17) is 5.11 Å². The fourth-order valence-corrected chi connectivity index (χ4v) is 2.03. The molecule has 0 aromatic rings. The number of carbonyl (C=O) groups is 2. The third-order valence-electron chi connectivity index (χ3n) is 3.04. The van der Waals surface area contributed by atoms with Gasteiger partial charge >= 0.3 is 5.97 Å². The molecule has 0 aliphatic heterocycles. The molecular formula is C12H20O3. The van der Waals surface area contributed by atoms with Gasteiger partial charge in [0.2, 0.25) is 0 Å². The van der Waals surface area contributed by atoms with Crippen molar-refractivity contribution in [3.63, 3.8) is 0 Å². The van der Waals surface area contributed by atoms with Crippen molar-refractivity contribution in [2.24, 2.45) is 5.92 Å². The molecule has 0 amide bonds. The second-order valence-electron chi connectivity index (χ2n) is 4.51. The maximum atomic E-state index is 10.7. The highest BCUT2D eigenvalue weighted by atomic mass is 16.4. The van der Waals surface area contributed by atoms with Gasteiger partial charge < -0.3 is 5.11 Å². The quantitative estimate of drug-likeness (QED) is 0.629. The Bertz CT molecular complexity index is 215. The van der Waals surface area contributed by atoms with Crippen LogP contribution in [0.1, 0.15) is 57.8 Å². The fraction of sp³-hybridized carbons (Fsp3) is 0.833. The Morgan fingerprint density at radius 1 is 1.13 bits per heavy atom. The van der Waals surface area contributed by atoms with Crippen LogP contribution < -0.4 is 0 Å². The lowest BCUT2D eigenvalue weighted by Crippen LogP contribution is -2.22. The van der Waals surface area contributed by atoms with E-state index in [0.717, 1.165) is 32.1 Å². The molecule has 86 valence electrons. The van der Waals surface area contributed by atoms with Crippen molar-refractivity contribution in [2.75, 3.05) is 0 Å². The number of carboxylic acids is 1. The summed E-state index contributed by atoms with van der Waals surface area (Å²) in [7, 11) is 0. The minimum absolute atomic E-state index is 0.303. The molecule has 0 heterocycles. The highest BCUT2D eigenvalue weighted by molar-refractivity contribution is 5.84. The van der Waals surface area contributed by atoms with E-state index >= 15 is 0 Å². The molecule has 1 saturated carbocycles. The van der Waals surface area contributed by atoms with E-state index in [1.807, 2.05) is 0 Å². The third-order valence-corrected chi connectivity index (χ3v) is 3.04. The first-order valence-electron chi connectivity index (χ1n) is 5.92. The van der Waals surface area contributed by atoms with Crippen LogP contribution in [0.5, 0.6) is 0 Å². The molecule has 3 nitrogen and oxygen atoms in total. The highest BCUT2D eigenvalue weighted by Gasteiger charge is 2.25. The van der Waals surface area contributed by atoms with Gasteiger partial charge in [0.05, 0.1) is 0 Å². The van der Waals surface area contributed by atoms with Crippen LogP contribution in [0.15, 0.2) is 0 Å². The molecule has 0 spiro atoms. The Morgan fingerprint density at radius 2 is 1.73 bits per heavy atom. The topological polar surface area (TPSA) is 54.4 Å². The van der Waals surface area contributed by atoms with E-state index in [-0.39, 0.29) is 0 Å². The monoisotopic (exact) mass is 212 g/mol. The Kier molecular flexibility index (Phi) is 5.37. The van der Waals surface area contributed by atoms with Gasteiger partial charge in [-0.1, -0.05) is 25.7 Å². The van der Waals surface area contributed by atoms with Crippen molar-refractivity contribution >= 4 is 11.8 Å². The maximum Gasteiger partial charge on any atom is 0.303 e. The van der Waals surface area contributed by atoms with Gasteiger partial charge in [-0.25, -0.2) is 0 Å². The molecule has 0 atom stereocenters. The molecule has 1 aliphatic rings. The molecule has 1 aliphatic carbocycles. The van der Waals surface area contributed by atoms with Gasteiger partial charge in [0.15, 0.2) is 0 Å². The van der Waals surface area contributed by atoms with Crippen LogP contribution in [0.3, 0.4) is 0 Å². The molecule has 1 fully saturated rings. The lowest BCUT2D eigenvalue weighted by Gasteiger charge is -2.23. The normalized spacial score (nSPS) is 16.4. The van der Waals surface area contributed by atoms with Gasteiger partial charge in [0.25, 0.3) is 0 Å². The predicted molar refractivity (Wildman–Crippen MR) is 57.7 cm³/mol. The minimum Gasteiger partial charge on any atom is -0.481 e. The van der Waals surface area contributed by atoms with Gasteiger partial charge in [-0.3, -0.25) is 9.59 Å². The molecule has 0 saturated heterocycles. The van der Waals surface area contributed by atoms with Crippen LogP contribution in [-0.4, -0.2) is 16.9 Å². The molecule has 1 rings (SSSR count). The summed E-state index contributed by atoms with van der Waals surface area (Å²) in [6, 6.07) is 0. The SMILES string of the molecule is O=C(O)CCCCCCCC1CC(=O)C1. The van der Waals surface area contributed by atoms with Gasteiger partial charge in [-0.15, -0.1) is 0 Å². The van der Waals surface area contributed by atoms with Gasteiger partial charge in [-0.2, -0.15) is 0 Å². The molecule has 15 heavy (non-hydrogen) atoms. The standard InChI is InChI=1S/C12H20O3/c13-11-8-10(9-11)6-4-2-1-3-5-7-12(14)15/h10H,1-9H2,(H,14,15). The molecule has 3 heteroatoms. The fourth-order valence-electron chi connectivity index (χ4n) is 2.03. The van der Waals surface area contributed by atoms with Crippen LogP contribution in [0, 0.1) is 5.92 Å². The largest absolute Gasteiger partial charge is 0.481 e. The molecule has 1 N–H and O–H groups in total. The second-order valence-corrected chi connectivity index (χ2v) is 4.51. The Hall–Kier alpha value is -0.860. The zero-order chi connectivity index (χ0) is 11.1. The number of carboxylic acid groups (broad SMARTS) is 1. The average Bonchev–Trinajstić information content (AvgIpc) is 2.12. The molecular weight excluding hydrogens is 192 g/mol. The van der Waals surface area contributed by atoms with Crippen molar-refractivity contribution in [3.05, 3.63) is 0 Å². The number of ketones is 1. The smallest absolute Gasteiger partial charge is 0.303 e. The van der Waals surface area contributed by atoms with E-state index in [9.17, 15) is 9.59 Å². The molecule has 0 unspecified atom stereocenters. The second kappa shape index (κ2) is 6.59. The van der Waals surface area contributed by atoms with E-state index in [0.29, 0.717) is 18.1 Å². The number of hydrogen-bond donors (Lipinski definition) is 1.